The van der Waals surface area contributed by atoms with Crippen molar-refractivity contribution in [1.29, 1.82) is 0 Å². The largest absolute Gasteiger partial charge is 0.389 e. The van der Waals surface area contributed by atoms with Crippen LogP contribution >= 0.6 is 0 Å². The molecule has 1 aromatic heterocycles. The Hall–Kier alpha value is -1.17. The van der Waals surface area contributed by atoms with Crippen LogP contribution in [0.3, 0.4) is 0 Å². The molecule has 0 spiro atoms. The van der Waals surface area contributed by atoms with Crippen molar-refractivity contribution in [3.05, 3.63) is 29.6 Å². The zero-order valence-electron chi connectivity index (χ0n) is 16.3. The lowest BCUT2D eigenvalue weighted by Crippen LogP contribution is -2.48. The fraction of sp³-hybridized carbons (Fsp3) is 0.750. The average Bonchev–Trinajstić information content (AvgIpc) is 3.00. The van der Waals surface area contributed by atoms with Gasteiger partial charge in [-0.2, -0.15) is 5.10 Å². The highest BCUT2D eigenvalue weighted by atomic mass is 16.5. The Kier molecular flexibility index (Phi) is 5.37. The van der Waals surface area contributed by atoms with E-state index < -0.39 is 6.10 Å². The van der Waals surface area contributed by atoms with Crippen LogP contribution in [0.25, 0.3) is 0 Å². The Morgan fingerprint density at radius 2 is 2.24 bits per heavy atom. The summed E-state index contributed by atoms with van der Waals surface area (Å²) in [7, 11) is 3.95. The first-order valence-corrected chi connectivity index (χ1v) is 9.42. The summed E-state index contributed by atoms with van der Waals surface area (Å²) in [5, 5.41) is 14.5. The van der Waals surface area contributed by atoms with Gasteiger partial charge in [-0.3, -0.25) is 9.58 Å². The predicted molar refractivity (Wildman–Crippen MR) is 99.2 cm³/mol. The molecule has 2 bridgehead atoms. The van der Waals surface area contributed by atoms with E-state index in [9.17, 15) is 5.11 Å². The summed E-state index contributed by atoms with van der Waals surface area (Å²) in [6, 6.07) is 0.220. The maximum atomic E-state index is 10.3. The molecule has 4 unspecified atom stereocenters. The SMILES string of the molecule is CC(c1cnn(C)c1)N(C)CC(O)COCC1=CCC2CC1C2(C)C. The van der Waals surface area contributed by atoms with E-state index in [4.69, 9.17) is 4.74 Å². The third kappa shape index (κ3) is 3.83. The number of rotatable bonds is 8. The Bertz CT molecular complexity index is 622. The van der Waals surface area contributed by atoms with Crippen LogP contribution in [0.5, 0.6) is 0 Å². The van der Waals surface area contributed by atoms with Gasteiger partial charge in [0.05, 0.1) is 25.5 Å². The maximum Gasteiger partial charge on any atom is 0.0900 e. The van der Waals surface area contributed by atoms with Crippen molar-refractivity contribution in [3.63, 3.8) is 0 Å². The molecule has 4 rings (SSSR count). The second kappa shape index (κ2) is 7.22. The predicted octanol–water partition coefficient (Wildman–Crippen LogP) is 2.78. The van der Waals surface area contributed by atoms with Crippen molar-refractivity contribution in [2.45, 2.75) is 45.8 Å². The zero-order chi connectivity index (χ0) is 18.2. The second-order valence-electron chi connectivity index (χ2n) is 8.55. The van der Waals surface area contributed by atoms with Crippen LogP contribution in [0, 0.1) is 17.3 Å². The number of aliphatic hydroxyl groups excluding tert-OH is 1. The number of aromatic nitrogens is 2. The molecule has 0 aliphatic heterocycles. The van der Waals surface area contributed by atoms with Gasteiger partial charge in [-0.05, 0) is 49.6 Å². The van der Waals surface area contributed by atoms with E-state index in [-0.39, 0.29) is 6.04 Å². The first-order chi connectivity index (χ1) is 11.8. The fourth-order valence-electron chi connectivity index (χ4n) is 4.41. The third-order valence-corrected chi connectivity index (χ3v) is 6.53. The van der Waals surface area contributed by atoms with Gasteiger partial charge in [0.25, 0.3) is 0 Å². The molecule has 3 aliphatic carbocycles. The Morgan fingerprint density at radius 1 is 1.48 bits per heavy atom. The molecule has 0 amide bonds. The minimum Gasteiger partial charge on any atom is -0.389 e. The maximum absolute atomic E-state index is 10.3. The van der Waals surface area contributed by atoms with E-state index in [1.165, 1.54) is 18.4 Å². The number of hydrogen-bond acceptors (Lipinski definition) is 4. The van der Waals surface area contributed by atoms with Crippen molar-refractivity contribution in [2.24, 2.45) is 24.3 Å². The minimum atomic E-state index is -0.476. The van der Waals surface area contributed by atoms with E-state index in [2.05, 4.69) is 36.8 Å². The number of fused-ring (bicyclic) bond motifs is 1. The van der Waals surface area contributed by atoms with Gasteiger partial charge in [-0.1, -0.05) is 19.9 Å². The summed E-state index contributed by atoms with van der Waals surface area (Å²) in [5.74, 6) is 1.53. The van der Waals surface area contributed by atoms with E-state index in [0.29, 0.717) is 31.1 Å². The van der Waals surface area contributed by atoms with Crippen molar-refractivity contribution in [1.82, 2.24) is 14.7 Å². The molecule has 5 heteroatoms. The van der Waals surface area contributed by atoms with Crippen molar-refractivity contribution in [2.75, 3.05) is 26.8 Å². The normalized spacial score (nSPS) is 26.9. The lowest BCUT2D eigenvalue weighted by molar-refractivity contribution is -0.0264. The average molecular weight is 348 g/mol. The number of ether oxygens (including phenoxy) is 1. The first kappa shape index (κ1) is 18.6. The third-order valence-electron chi connectivity index (χ3n) is 6.53. The molecule has 5 nitrogen and oxygen atoms in total. The zero-order valence-corrected chi connectivity index (χ0v) is 16.3. The molecule has 3 aliphatic rings. The molecule has 0 aromatic carbocycles. The Balaban J connectivity index is 1.41. The van der Waals surface area contributed by atoms with Gasteiger partial charge in [-0.25, -0.2) is 0 Å². The highest BCUT2D eigenvalue weighted by Gasteiger charge is 2.50. The molecule has 1 fully saturated rings. The number of allylic oxidation sites excluding steroid dienone is 1. The number of aliphatic hydroxyl groups is 1. The Labute approximate surface area is 151 Å². The molecule has 140 valence electrons. The molecular weight excluding hydrogens is 314 g/mol. The molecule has 0 saturated heterocycles. The van der Waals surface area contributed by atoms with Gasteiger partial charge in [0.2, 0.25) is 0 Å². The molecule has 1 N–H and O–H groups in total. The summed E-state index contributed by atoms with van der Waals surface area (Å²) in [5.41, 5.74) is 3.04. The molecule has 25 heavy (non-hydrogen) atoms. The number of likely N-dealkylation sites (N-methyl/N-ethyl adjacent to an activating group) is 1. The summed E-state index contributed by atoms with van der Waals surface area (Å²) in [6.07, 6.45) is 8.30. The van der Waals surface area contributed by atoms with Gasteiger partial charge in [0.1, 0.15) is 0 Å². The summed E-state index contributed by atoms with van der Waals surface area (Å²) >= 11 is 0. The van der Waals surface area contributed by atoms with E-state index in [1.54, 1.807) is 0 Å². The highest BCUT2D eigenvalue weighted by Crippen LogP contribution is 2.59. The molecule has 1 aromatic rings. The van der Waals surface area contributed by atoms with Crippen LogP contribution in [-0.4, -0.2) is 52.7 Å². The molecule has 4 atom stereocenters. The number of nitrogens with zero attached hydrogens (tertiary/aromatic N) is 3. The van der Waals surface area contributed by atoms with Gasteiger partial charge in [0.15, 0.2) is 0 Å². The quantitative estimate of drug-likeness (QED) is 0.735. The summed E-state index contributed by atoms with van der Waals surface area (Å²) in [6.45, 7) is 8.53. The van der Waals surface area contributed by atoms with Gasteiger partial charge < -0.3 is 9.84 Å². The van der Waals surface area contributed by atoms with E-state index in [1.807, 2.05) is 31.2 Å². The summed E-state index contributed by atoms with van der Waals surface area (Å²) < 4.78 is 7.66. The standard InChI is InChI=1S/C20H33N3O2/c1-14(16-9-21-23(5)10-16)22(4)11-18(24)13-25-12-15-6-7-17-8-19(15)20(17,2)3/h6,9-10,14,17-19,24H,7-8,11-13H2,1-5H3. The van der Waals surface area contributed by atoms with Gasteiger partial charge in [-0.15, -0.1) is 0 Å². The van der Waals surface area contributed by atoms with Crippen LogP contribution in [0.2, 0.25) is 0 Å². The lowest BCUT2D eigenvalue weighted by Gasteiger charge is -2.56. The van der Waals surface area contributed by atoms with Crippen molar-refractivity contribution >= 4 is 0 Å². The van der Waals surface area contributed by atoms with Crippen molar-refractivity contribution in [3.8, 4) is 0 Å². The van der Waals surface area contributed by atoms with E-state index in [0.717, 1.165) is 11.5 Å². The van der Waals surface area contributed by atoms with E-state index >= 15 is 0 Å². The number of hydrogen-bond donors (Lipinski definition) is 1. The van der Waals surface area contributed by atoms with Crippen LogP contribution in [0.1, 0.15) is 45.2 Å². The molecule has 0 radical (unpaired) electrons. The van der Waals surface area contributed by atoms with Crippen LogP contribution in [0.4, 0.5) is 0 Å². The molecular formula is C20H33N3O2. The monoisotopic (exact) mass is 347 g/mol. The van der Waals surface area contributed by atoms with Crippen molar-refractivity contribution < 1.29 is 9.84 Å². The van der Waals surface area contributed by atoms with Crippen LogP contribution in [0.15, 0.2) is 24.0 Å². The Morgan fingerprint density at radius 3 is 2.84 bits per heavy atom. The summed E-state index contributed by atoms with van der Waals surface area (Å²) in [4.78, 5) is 2.14. The van der Waals surface area contributed by atoms with Crippen LogP contribution in [-0.2, 0) is 11.8 Å². The molecule has 1 saturated carbocycles. The van der Waals surface area contributed by atoms with Gasteiger partial charge >= 0.3 is 0 Å². The van der Waals surface area contributed by atoms with Gasteiger partial charge in [0, 0.05) is 31.4 Å². The second-order valence-corrected chi connectivity index (χ2v) is 8.55. The first-order valence-electron chi connectivity index (χ1n) is 9.42. The fourth-order valence-corrected chi connectivity index (χ4v) is 4.41. The lowest BCUT2D eigenvalue weighted by atomic mass is 9.49. The molecule has 1 heterocycles. The highest BCUT2D eigenvalue weighted by molar-refractivity contribution is 5.23. The minimum absolute atomic E-state index is 0.220. The number of aryl methyl sites for hydroxylation is 1. The smallest absolute Gasteiger partial charge is 0.0900 e. The topological polar surface area (TPSA) is 50.5 Å². The van der Waals surface area contributed by atoms with Crippen LogP contribution < -0.4 is 0 Å².